The Kier molecular flexibility index (Phi) is 5.39. The molecule has 0 aromatic carbocycles. The van der Waals surface area contributed by atoms with E-state index in [4.69, 9.17) is 4.74 Å². The number of carbonyl (C=O) groups excluding carboxylic acids is 1. The van der Waals surface area contributed by atoms with E-state index < -0.39 is 0 Å². The van der Waals surface area contributed by atoms with Gasteiger partial charge in [-0.15, -0.1) is 0 Å². The molecule has 0 aliphatic rings. The van der Waals surface area contributed by atoms with Gasteiger partial charge < -0.3 is 9.75 Å². The minimum absolute atomic E-state index is 0.149. The predicted molar refractivity (Wildman–Crippen MR) is 61.7 cm³/mol. The first-order valence-corrected chi connectivity index (χ1v) is 5.66. The molecule has 16 heavy (non-hydrogen) atoms. The van der Waals surface area contributed by atoms with Gasteiger partial charge in [-0.1, -0.05) is 6.92 Å². The summed E-state index contributed by atoms with van der Waals surface area (Å²) in [6, 6.07) is 0. The van der Waals surface area contributed by atoms with Crippen molar-refractivity contribution < 1.29 is 9.53 Å². The average molecular weight is 225 g/mol. The van der Waals surface area contributed by atoms with Crippen LogP contribution in [-0.4, -0.2) is 35.3 Å². The van der Waals surface area contributed by atoms with Gasteiger partial charge in [0.15, 0.2) is 0 Å². The summed E-state index contributed by atoms with van der Waals surface area (Å²) in [6.45, 7) is 5.92. The predicted octanol–water partition coefficient (Wildman–Crippen LogP) is 1.18. The summed E-state index contributed by atoms with van der Waals surface area (Å²) in [5.74, 6) is -0.149. The number of ether oxygens (including phenoxy) is 1. The lowest BCUT2D eigenvalue weighted by Crippen LogP contribution is -2.36. The summed E-state index contributed by atoms with van der Waals surface area (Å²) >= 11 is 0. The minimum Gasteiger partial charge on any atom is -0.466 e. The van der Waals surface area contributed by atoms with Crippen LogP contribution in [0, 0.1) is 0 Å². The Morgan fingerprint density at radius 1 is 1.44 bits per heavy atom. The van der Waals surface area contributed by atoms with Crippen LogP contribution >= 0.6 is 0 Å². The third kappa shape index (κ3) is 3.92. The molecular weight excluding hydrogens is 206 g/mol. The number of imidazole rings is 1. The minimum atomic E-state index is -0.149. The molecule has 0 saturated carbocycles. The van der Waals surface area contributed by atoms with Gasteiger partial charge in [-0.05, 0) is 13.3 Å². The number of aromatic nitrogens is 2. The lowest BCUT2D eigenvalue weighted by atomic mass is 10.4. The van der Waals surface area contributed by atoms with Crippen LogP contribution in [0.2, 0.25) is 0 Å². The van der Waals surface area contributed by atoms with Crippen molar-refractivity contribution in [2.75, 3.05) is 24.7 Å². The Labute approximate surface area is 96.0 Å². The molecule has 0 N–H and O–H groups in total. The van der Waals surface area contributed by atoms with Gasteiger partial charge in [0.1, 0.15) is 6.33 Å². The van der Waals surface area contributed by atoms with Crippen LogP contribution < -0.4 is 5.01 Å². The Bertz CT molecular complexity index is 298. The molecule has 5 nitrogen and oxygen atoms in total. The lowest BCUT2D eigenvalue weighted by molar-refractivity contribution is -0.142. The van der Waals surface area contributed by atoms with Crippen molar-refractivity contribution in [2.45, 2.75) is 26.7 Å². The fourth-order valence-electron chi connectivity index (χ4n) is 1.47. The van der Waals surface area contributed by atoms with Crippen LogP contribution in [0.1, 0.15) is 26.7 Å². The molecule has 0 aliphatic carbocycles. The molecule has 0 radical (unpaired) electrons. The van der Waals surface area contributed by atoms with E-state index in [1.54, 1.807) is 12.5 Å². The van der Waals surface area contributed by atoms with Gasteiger partial charge in [-0.25, -0.2) is 4.98 Å². The van der Waals surface area contributed by atoms with E-state index in [0.29, 0.717) is 19.6 Å². The number of carbonyl (C=O) groups is 1. The second-order valence-corrected chi connectivity index (χ2v) is 3.45. The summed E-state index contributed by atoms with van der Waals surface area (Å²) in [5, 5.41) is 2.07. The Morgan fingerprint density at radius 2 is 2.25 bits per heavy atom. The van der Waals surface area contributed by atoms with Crippen LogP contribution in [0.15, 0.2) is 18.7 Å². The molecule has 5 heteroatoms. The first-order chi connectivity index (χ1) is 7.77. The van der Waals surface area contributed by atoms with E-state index in [9.17, 15) is 4.79 Å². The fraction of sp³-hybridized carbons (Fsp3) is 0.636. The quantitative estimate of drug-likeness (QED) is 0.654. The smallest absolute Gasteiger partial charge is 0.307 e. The van der Waals surface area contributed by atoms with Gasteiger partial charge in [0, 0.05) is 25.5 Å². The maximum Gasteiger partial charge on any atom is 0.307 e. The molecule has 0 unspecified atom stereocenters. The Balaban J connectivity index is 2.43. The molecule has 1 aromatic heterocycles. The lowest BCUT2D eigenvalue weighted by Gasteiger charge is -2.24. The normalized spacial score (nSPS) is 10.1. The molecule has 1 aromatic rings. The first kappa shape index (κ1) is 12.5. The topological polar surface area (TPSA) is 47.4 Å². The highest BCUT2D eigenvalue weighted by Gasteiger charge is 2.08. The highest BCUT2D eigenvalue weighted by molar-refractivity contribution is 5.69. The van der Waals surface area contributed by atoms with E-state index in [1.165, 1.54) is 0 Å². The van der Waals surface area contributed by atoms with Gasteiger partial charge >= 0.3 is 5.97 Å². The number of hydrogen-bond acceptors (Lipinski definition) is 4. The molecular formula is C11H19N3O2. The zero-order valence-electron chi connectivity index (χ0n) is 9.93. The third-order valence-electron chi connectivity index (χ3n) is 2.18. The van der Waals surface area contributed by atoms with Crippen LogP contribution in [0.4, 0.5) is 0 Å². The van der Waals surface area contributed by atoms with Gasteiger partial charge in [-0.3, -0.25) is 9.47 Å². The highest BCUT2D eigenvalue weighted by Crippen LogP contribution is 1.97. The number of nitrogens with zero attached hydrogens (tertiary/aromatic N) is 3. The van der Waals surface area contributed by atoms with Crippen molar-refractivity contribution in [2.24, 2.45) is 0 Å². The van der Waals surface area contributed by atoms with E-state index in [1.807, 2.05) is 17.8 Å². The Hall–Kier alpha value is -1.52. The molecule has 0 spiro atoms. The van der Waals surface area contributed by atoms with E-state index >= 15 is 0 Å². The van der Waals surface area contributed by atoms with Gasteiger partial charge in [0.25, 0.3) is 0 Å². The standard InChI is InChI=1S/C11H19N3O2/c1-3-7-13(14-9-6-12-10-14)8-5-11(15)16-4-2/h6,9-10H,3-5,7-8H2,1-2H3. The van der Waals surface area contributed by atoms with Crippen molar-refractivity contribution in [3.05, 3.63) is 18.7 Å². The largest absolute Gasteiger partial charge is 0.466 e. The molecule has 0 fully saturated rings. The monoisotopic (exact) mass is 225 g/mol. The summed E-state index contributed by atoms with van der Waals surface area (Å²) in [6.07, 6.45) is 6.78. The molecule has 0 bridgehead atoms. The van der Waals surface area contributed by atoms with Crippen LogP contribution in [0.5, 0.6) is 0 Å². The van der Waals surface area contributed by atoms with Gasteiger partial charge in [0.05, 0.1) is 13.0 Å². The second-order valence-electron chi connectivity index (χ2n) is 3.45. The van der Waals surface area contributed by atoms with Crippen molar-refractivity contribution in [1.82, 2.24) is 9.66 Å². The van der Waals surface area contributed by atoms with Gasteiger partial charge in [0.2, 0.25) is 0 Å². The van der Waals surface area contributed by atoms with Gasteiger partial charge in [-0.2, -0.15) is 0 Å². The summed E-state index contributed by atoms with van der Waals surface area (Å²) < 4.78 is 6.80. The zero-order valence-corrected chi connectivity index (χ0v) is 9.93. The zero-order chi connectivity index (χ0) is 11.8. The number of hydrogen-bond donors (Lipinski definition) is 0. The third-order valence-corrected chi connectivity index (χ3v) is 2.18. The van der Waals surface area contributed by atoms with Crippen molar-refractivity contribution in [3.8, 4) is 0 Å². The molecule has 1 heterocycles. The number of esters is 1. The van der Waals surface area contributed by atoms with Crippen molar-refractivity contribution >= 4 is 5.97 Å². The maximum absolute atomic E-state index is 11.2. The number of rotatable bonds is 7. The van der Waals surface area contributed by atoms with Crippen LogP contribution in [0.25, 0.3) is 0 Å². The highest BCUT2D eigenvalue weighted by atomic mass is 16.5. The van der Waals surface area contributed by atoms with Crippen LogP contribution in [0.3, 0.4) is 0 Å². The van der Waals surface area contributed by atoms with Crippen LogP contribution in [-0.2, 0) is 9.53 Å². The molecule has 0 saturated heterocycles. The van der Waals surface area contributed by atoms with E-state index in [2.05, 4.69) is 16.9 Å². The van der Waals surface area contributed by atoms with Crippen molar-refractivity contribution in [1.29, 1.82) is 0 Å². The molecule has 90 valence electrons. The molecule has 0 atom stereocenters. The maximum atomic E-state index is 11.2. The molecule has 1 rings (SSSR count). The summed E-state index contributed by atoms with van der Waals surface area (Å²) in [7, 11) is 0. The first-order valence-electron chi connectivity index (χ1n) is 5.66. The fourth-order valence-corrected chi connectivity index (χ4v) is 1.47. The van der Waals surface area contributed by atoms with E-state index in [-0.39, 0.29) is 5.97 Å². The summed E-state index contributed by atoms with van der Waals surface area (Å²) in [5.41, 5.74) is 0. The van der Waals surface area contributed by atoms with Crippen molar-refractivity contribution in [3.63, 3.8) is 0 Å². The molecule has 0 amide bonds. The SMILES string of the molecule is CCCN(CCC(=O)OCC)n1ccnc1. The molecule has 0 aliphatic heterocycles. The Morgan fingerprint density at radius 3 is 2.81 bits per heavy atom. The van der Waals surface area contributed by atoms with E-state index in [0.717, 1.165) is 13.0 Å². The second kappa shape index (κ2) is 6.87. The average Bonchev–Trinajstić information content (AvgIpc) is 2.78. The summed E-state index contributed by atoms with van der Waals surface area (Å²) in [4.78, 5) is 15.2.